The van der Waals surface area contributed by atoms with Crippen molar-refractivity contribution >= 4 is 35.0 Å². The smallest absolute Gasteiger partial charge is 0.270 e. The van der Waals surface area contributed by atoms with E-state index in [9.17, 15) is 18.0 Å². The molecule has 3 aromatic rings. The monoisotopic (exact) mass is 488 g/mol. The summed E-state index contributed by atoms with van der Waals surface area (Å²) in [6.07, 6.45) is -0.725. The van der Waals surface area contributed by atoms with Gasteiger partial charge in [0.15, 0.2) is 0 Å². The molecule has 1 fully saturated rings. The third-order valence-corrected chi connectivity index (χ3v) is 5.65. The average Bonchev–Trinajstić information content (AvgIpc) is 3.44. The van der Waals surface area contributed by atoms with E-state index in [1.165, 1.54) is 29.7 Å². The van der Waals surface area contributed by atoms with Crippen molar-refractivity contribution in [1.82, 2.24) is 19.5 Å². The molecule has 3 heterocycles. The number of nitrogens with one attached hydrogen (secondary N) is 2. The van der Waals surface area contributed by atoms with E-state index in [1.807, 2.05) is 0 Å². The van der Waals surface area contributed by atoms with E-state index in [2.05, 4.69) is 25.5 Å². The van der Waals surface area contributed by atoms with Crippen LogP contribution >= 0.6 is 0 Å². The van der Waals surface area contributed by atoms with Gasteiger partial charge in [-0.3, -0.25) is 4.79 Å². The molecule has 0 radical (unpaired) electrons. The number of halogens is 3. The number of hydrogen-bond acceptors (Lipinski definition) is 8. The molecule has 184 valence electrons. The third-order valence-electron chi connectivity index (χ3n) is 5.65. The van der Waals surface area contributed by atoms with Crippen LogP contribution in [0.25, 0.3) is 16.6 Å². The lowest BCUT2D eigenvalue weighted by atomic mass is 10.1. The summed E-state index contributed by atoms with van der Waals surface area (Å²) in [6.45, 7) is 1.07. The molecule has 35 heavy (non-hydrogen) atoms. The van der Waals surface area contributed by atoms with Crippen LogP contribution in [-0.4, -0.2) is 71.0 Å². The van der Waals surface area contributed by atoms with Crippen molar-refractivity contribution in [3.05, 3.63) is 30.5 Å². The lowest BCUT2D eigenvalue weighted by Crippen LogP contribution is -2.26. The zero-order valence-corrected chi connectivity index (χ0v) is 19.0. The fourth-order valence-corrected chi connectivity index (χ4v) is 3.89. The molecule has 4 rings (SSSR count). The van der Waals surface area contributed by atoms with Crippen LogP contribution in [0.3, 0.4) is 0 Å². The minimum absolute atomic E-state index is 0.0244. The number of carbonyl (C=O) groups is 1. The molecule has 0 bridgehead atoms. The molecule has 10 nitrogen and oxygen atoms in total. The van der Waals surface area contributed by atoms with Crippen LogP contribution in [0.2, 0.25) is 0 Å². The van der Waals surface area contributed by atoms with Crippen LogP contribution in [0.1, 0.15) is 6.92 Å². The Hall–Kier alpha value is -4.03. The second kappa shape index (κ2) is 10.1. The second-order valence-electron chi connectivity index (χ2n) is 7.94. The van der Waals surface area contributed by atoms with Crippen molar-refractivity contribution in [3.63, 3.8) is 0 Å². The van der Waals surface area contributed by atoms with Gasteiger partial charge in [0.2, 0.25) is 11.8 Å². The van der Waals surface area contributed by atoms with Gasteiger partial charge in [-0.1, -0.05) is 6.07 Å². The second-order valence-corrected chi connectivity index (χ2v) is 7.94. The van der Waals surface area contributed by atoms with Crippen molar-refractivity contribution in [2.24, 2.45) is 16.0 Å². The lowest BCUT2D eigenvalue weighted by molar-refractivity contribution is -0.128. The first-order valence-corrected chi connectivity index (χ1v) is 10.7. The Balaban J connectivity index is 1.66. The van der Waals surface area contributed by atoms with E-state index in [-0.39, 0.29) is 42.2 Å². The largest absolute Gasteiger partial charge is 0.479 e. The van der Waals surface area contributed by atoms with Gasteiger partial charge in [0.05, 0.1) is 25.9 Å². The minimum atomic E-state index is -2.57. The van der Waals surface area contributed by atoms with Crippen LogP contribution < -0.4 is 10.1 Å². The summed E-state index contributed by atoms with van der Waals surface area (Å²) in [5.41, 5.74) is 9.60. The number of aromatic nitrogens is 3. The topological polar surface area (TPSA) is 120 Å². The van der Waals surface area contributed by atoms with Gasteiger partial charge in [-0.2, -0.15) is 10.1 Å². The summed E-state index contributed by atoms with van der Waals surface area (Å²) < 4.78 is 46.6. The summed E-state index contributed by atoms with van der Waals surface area (Å²) in [6, 6.07) is 6.61. The highest BCUT2D eigenvalue weighted by molar-refractivity contribution is 5.87. The van der Waals surface area contributed by atoms with E-state index in [4.69, 9.17) is 10.3 Å². The van der Waals surface area contributed by atoms with Gasteiger partial charge in [-0.25, -0.2) is 28.2 Å². The van der Waals surface area contributed by atoms with Gasteiger partial charge in [0.25, 0.3) is 12.4 Å². The van der Waals surface area contributed by atoms with Crippen LogP contribution in [0, 0.1) is 11.4 Å². The molecule has 1 aliphatic heterocycles. The SMILES string of the molecule is COc1nc(N=CC2CN(C(C)=O)C[C@@H]2F)nn2ccc(-c3ccc(N=N)c(NCC(F)F)c3)c12. The van der Waals surface area contributed by atoms with Gasteiger partial charge in [0, 0.05) is 37.4 Å². The Morgan fingerprint density at radius 1 is 1.37 bits per heavy atom. The molecule has 1 aromatic carbocycles. The van der Waals surface area contributed by atoms with E-state index >= 15 is 0 Å². The van der Waals surface area contributed by atoms with Gasteiger partial charge in [0.1, 0.15) is 17.4 Å². The number of nitrogens with zero attached hydrogens (tertiary/aromatic N) is 6. The fourth-order valence-electron chi connectivity index (χ4n) is 3.89. The summed E-state index contributed by atoms with van der Waals surface area (Å²) in [5.74, 6) is -0.506. The highest BCUT2D eigenvalue weighted by Crippen LogP contribution is 2.36. The van der Waals surface area contributed by atoms with Gasteiger partial charge in [-0.15, -0.1) is 5.10 Å². The maximum Gasteiger partial charge on any atom is 0.270 e. The number of methoxy groups -OCH3 is 1. The van der Waals surface area contributed by atoms with E-state index < -0.39 is 25.1 Å². The third kappa shape index (κ3) is 5.08. The number of benzene rings is 1. The molecule has 13 heteroatoms. The molecule has 2 atom stereocenters. The summed E-state index contributed by atoms with van der Waals surface area (Å²) in [4.78, 5) is 21.5. The van der Waals surface area contributed by atoms with Gasteiger partial charge >= 0.3 is 0 Å². The molecule has 1 aliphatic rings. The summed E-state index contributed by atoms with van der Waals surface area (Å²) in [7, 11) is 1.43. The number of anilines is 1. The van der Waals surface area contributed by atoms with Crippen molar-refractivity contribution < 1.29 is 22.7 Å². The molecule has 2 aromatic heterocycles. The molecular formula is C22H23F3N8O2. The zero-order chi connectivity index (χ0) is 25.1. The predicted octanol–water partition coefficient (Wildman–Crippen LogP) is 4.26. The van der Waals surface area contributed by atoms with Crippen molar-refractivity contribution in [2.45, 2.75) is 19.5 Å². The van der Waals surface area contributed by atoms with Crippen molar-refractivity contribution in [2.75, 3.05) is 32.1 Å². The fraction of sp³-hybridized carbons (Fsp3) is 0.364. The van der Waals surface area contributed by atoms with Crippen molar-refractivity contribution in [3.8, 4) is 17.0 Å². The molecule has 1 saturated heterocycles. The van der Waals surface area contributed by atoms with Gasteiger partial charge in [-0.05, 0) is 23.8 Å². The Kier molecular flexibility index (Phi) is 6.94. The standard InChI is InChI=1S/C22H23F3N8O2/c1-12(34)32-10-14(16(23)11-32)8-28-22-29-21(35-2)20-15(5-6-33(20)31-22)13-3-4-17(30-26)18(7-13)27-9-19(24)25/h3-8,14,16,19,26-27H,9-11H2,1-2H3/t14?,16-/m0/s1. The number of hydrogen-bond donors (Lipinski definition) is 2. The Morgan fingerprint density at radius 3 is 2.83 bits per heavy atom. The number of fused-ring (bicyclic) bond motifs is 1. The van der Waals surface area contributed by atoms with Crippen LogP contribution in [-0.2, 0) is 4.79 Å². The molecule has 1 amide bonds. The number of likely N-dealkylation sites (tertiary alicyclic amines) is 1. The molecule has 2 N–H and O–H groups in total. The van der Waals surface area contributed by atoms with E-state index in [0.29, 0.717) is 16.6 Å². The molecular weight excluding hydrogens is 465 g/mol. The highest BCUT2D eigenvalue weighted by atomic mass is 19.3. The minimum Gasteiger partial charge on any atom is -0.479 e. The lowest BCUT2D eigenvalue weighted by Gasteiger charge is -2.11. The Morgan fingerprint density at radius 2 is 2.17 bits per heavy atom. The molecule has 0 aliphatic carbocycles. The average molecular weight is 488 g/mol. The quantitative estimate of drug-likeness (QED) is 0.363. The summed E-state index contributed by atoms with van der Waals surface area (Å²) >= 11 is 0. The molecule has 0 saturated carbocycles. The maximum absolute atomic E-state index is 14.3. The number of carbonyl (C=O) groups excluding carboxylic acids is 1. The summed E-state index contributed by atoms with van der Waals surface area (Å²) in [5, 5.41) is 10.3. The zero-order valence-electron chi connectivity index (χ0n) is 19.0. The maximum atomic E-state index is 14.3. The van der Waals surface area contributed by atoms with Crippen LogP contribution in [0.4, 0.5) is 30.5 Å². The molecule has 1 unspecified atom stereocenters. The number of aliphatic imine (C=N–C) groups is 1. The first-order valence-electron chi connectivity index (χ1n) is 10.7. The number of amides is 1. The number of ether oxygens (including phenoxy) is 1. The first-order chi connectivity index (χ1) is 16.8. The van der Waals surface area contributed by atoms with E-state index in [1.54, 1.807) is 30.5 Å². The Bertz CT molecular complexity index is 1280. The van der Waals surface area contributed by atoms with Gasteiger partial charge < -0.3 is 15.0 Å². The normalized spacial score (nSPS) is 18.1. The van der Waals surface area contributed by atoms with Crippen molar-refractivity contribution in [1.29, 1.82) is 5.53 Å². The number of rotatable bonds is 8. The molecule has 0 spiro atoms. The van der Waals surface area contributed by atoms with E-state index in [0.717, 1.165) is 0 Å². The number of alkyl halides is 3. The highest BCUT2D eigenvalue weighted by Gasteiger charge is 2.33. The van der Waals surface area contributed by atoms with Crippen LogP contribution in [0.15, 0.2) is 40.6 Å². The first kappa shape index (κ1) is 24.1. The Labute approximate surface area is 198 Å². The van der Waals surface area contributed by atoms with Crippen LogP contribution in [0.5, 0.6) is 5.88 Å². The predicted molar refractivity (Wildman–Crippen MR) is 123 cm³/mol.